The van der Waals surface area contributed by atoms with Gasteiger partial charge in [0.1, 0.15) is 11.3 Å². The first-order chi connectivity index (χ1) is 9.22. The van der Waals surface area contributed by atoms with E-state index in [-0.39, 0.29) is 6.04 Å². The van der Waals surface area contributed by atoms with Crippen LogP contribution in [-0.4, -0.2) is 20.6 Å². The van der Waals surface area contributed by atoms with E-state index in [0.717, 1.165) is 29.2 Å². The maximum atomic E-state index is 5.36. The normalized spacial score (nSPS) is 12.7. The third kappa shape index (κ3) is 2.45. The van der Waals surface area contributed by atoms with Gasteiger partial charge in [-0.25, -0.2) is 9.50 Å². The molecule has 3 rings (SSSR count). The maximum absolute atomic E-state index is 5.36. The highest BCUT2D eigenvalue weighted by molar-refractivity contribution is 5.67. The van der Waals surface area contributed by atoms with Crippen molar-refractivity contribution in [1.82, 2.24) is 14.6 Å². The number of aromatic nitrogens is 3. The predicted molar refractivity (Wildman–Crippen MR) is 73.2 cm³/mol. The van der Waals surface area contributed by atoms with E-state index in [1.807, 2.05) is 35.8 Å². The monoisotopic (exact) mass is 256 g/mol. The molecular weight excluding hydrogens is 240 g/mol. The maximum Gasteiger partial charge on any atom is 0.152 e. The Hall–Kier alpha value is -2.30. The number of nitrogens with one attached hydrogen (secondary N) is 1. The van der Waals surface area contributed by atoms with Crippen LogP contribution in [0.5, 0.6) is 0 Å². The van der Waals surface area contributed by atoms with Gasteiger partial charge in [0.2, 0.25) is 0 Å². The molecule has 0 aliphatic carbocycles. The van der Waals surface area contributed by atoms with Crippen LogP contribution in [-0.2, 0) is 6.42 Å². The number of nitrogens with zero attached hydrogens (tertiary/aromatic N) is 3. The Morgan fingerprint density at radius 3 is 3.16 bits per heavy atom. The Kier molecular flexibility index (Phi) is 2.95. The summed E-state index contributed by atoms with van der Waals surface area (Å²) in [6.45, 7) is 4.08. The largest absolute Gasteiger partial charge is 0.469 e. The Bertz CT molecular complexity index is 672. The summed E-state index contributed by atoms with van der Waals surface area (Å²) in [4.78, 5) is 4.39. The van der Waals surface area contributed by atoms with Crippen LogP contribution in [0, 0.1) is 6.92 Å². The first-order valence-corrected chi connectivity index (χ1v) is 6.32. The number of furan rings is 1. The molecule has 3 aromatic rings. The molecule has 0 aromatic carbocycles. The van der Waals surface area contributed by atoms with Crippen molar-refractivity contribution in [3.63, 3.8) is 0 Å². The van der Waals surface area contributed by atoms with Crippen LogP contribution in [0.4, 0.5) is 5.82 Å². The number of aryl methyl sites for hydroxylation is 1. The van der Waals surface area contributed by atoms with E-state index in [1.165, 1.54) is 0 Å². The molecule has 0 spiro atoms. The standard InChI is InChI=1S/C14H16N4O/c1-10(8-12-4-3-7-19-12)16-14-13-9-11(2)17-18(13)6-5-15-14/h3-7,9-10H,8H2,1-2H3,(H,15,16). The SMILES string of the molecule is Cc1cc2c(NC(C)Cc3ccco3)nccn2n1. The zero-order valence-corrected chi connectivity index (χ0v) is 11.0. The molecule has 5 heteroatoms. The van der Waals surface area contributed by atoms with Gasteiger partial charge >= 0.3 is 0 Å². The van der Waals surface area contributed by atoms with E-state index in [0.29, 0.717) is 0 Å². The molecule has 0 amide bonds. The first-order valence-electron chi connectivity index (χ1n) is 6.32. The van der Waals surface area contributed by atoms with Crippen LogP contribution in [0.3, 0.4) is 0 Å². The molecule has 3 aromatic heterocycles. The quantitative estimate of drug-likeness (QED) is 0.779. The van der Waals surface area contributed by atoms with E-state index in [4.69, 9.17) is 4.42 Å². The summed E-state index contributed by atoms with van der Waals surface area (Å²) in [7, 11) is 0. The van der Waals surface area contributed by atoms with Crippen LogP contribution in [0.2, 0.25) is 0 Å². The molecule has 1 unspecified atom stereocenters. The number of anilines is 1. The van der Waals surface area contributed by atoms with Crippen molar-refractivity contribution in [3.8, 4) is 0 Å². The Morgan fingerprint density at radius 1 is 1.47 bits per heavy atom. The lowest BCUT2D eigenvalue weighted by atomic mass is 10.2. The van der Waals surface area contributed by atoms with Gasteiger partial charge in [0, 0.05) is 24.9 Å². The van der Waals surface area contributed by atoms with Crippen molar-refractivity contribution in [2.45, 2.75) is 26.3 Å². The van der Waals surface area contributed by atoms with E-state index in [2.05, 4.69) is 22.3 Å². The lowest BCUT2D eigenvalue weighted by Gasteiger charge is -2.13. The van der Waals surface area contributed by atoms with E-state index in [1.54, 1.807) is 12.5 Å². The third-order valence-corrected chi connectivity index (χ3v) is 2.98. The third-order valence-electron chi connectivity index (χ3n) is 2.98. The minimum absolute atomic E-state index is 0.236. The minimum atomic E-state index is 0.236. The topological polar surface area (TPSA) is 55.4 Å². The summed E-state index contributed by atoms with van der Waals surface area (Å²) >= 11 is 0. The Balaban J connectivity index is 1.81. The number of fused-ring (bicyclic) bond motifs is 1. The number of rotatable bonds is 4. The molecule has 5 nitrogen and oxygen atoms in total. The summed E-state index contributed by atoms with van der Waals surface area (Å²) in [5.74, 6) is 1.82. The summed E-state index contributed by atoms with van der Waals surface area (Å²) in [6.07, 6.45) is 6.12. The van der Waals surface area contributed by atoms with Crippen LogP contribution >= 0.6 is 0 Å². The molecule has 0 bridgehead atoms. The smallest absolute Gasteiger partial charge is 0.152 e. The molecule has 3 heterocycles. The average molecular weight is 256 g/mol. The van der Waals surface area contributed by atoms with Crippen molar-refractivity contribution >= 4 is 11.3 Å². The van der Waals surface area contributed by atoms with Gasteiger partial charge in [-0.05, 0) is 32.0 Å². The summed E-state index contributed by atoms with van der Waals surface area (Å²) in [5.41, 5.74) is 1.97. The molecule has 1 N–H and O–H groups in total. The van der Waals surface area contributed by atoms with Crippen molar-refractivity contribution < 1.29 is 4.42 Å². The first kappa shape index (κ1) is 11.8. The zero-order valence-electron chi connectivity index (χ0n) is 11.0. The number of hydrogen-bond donors (Lipinski definition) is 1. The van der Waals surface area contributed by atoms with Gasteiger partial charge < -0.3 is 9.73 Å². The zero-order chi connectivity index (χ0) is 13.2. The van der Waals surface area contributed by atoms with E-state index < -0.39 is 0 Å². The molecule has 0 radical (unpaired) electrons. The fourth-order valence-electron chi connectivity index (χ4n) is 2.17. The van der Waals surface area contributed by atoms with Crippen LogP contribution in [0.1, 0.15) is 18.4 Å². The second-order valence-electron chi connectivity index (χ2n) is 4.72. The summed E-state index contributed by atoms with van der Waals surface area (Å²) in [5, 5.41) is 7.78. The predicted octanol–water partition coefficient (Wildman–Crippen LogP) is 2.67. The van der Waals surface area contributed by atoms with Gasteiger partial charge in [-0.1, -0.05) is 0 Å². The molecule has 0 fully saturated rings. The number of hydrogen-bond acceptors (Lipinski definition) is 4. The minimum Gasteiger partial charge on any atom is -0.469 e. The molecule has 0 saturated carbocycles. The van der Waals surface area contributed by atoms with Gasteiger partial charge in [0.05, 0.1) is 12.0 Å². The Labute approximate surface area is 111 Å². The molecule has 0 saturated heterocycles. The lowest BCUT2D eigenvalue weighted by Crippen LogP contribution is -2.19. The van der Waals surface area contributed by atoms with Gasteiger partial charge in [-0.15, -0.1) is 0 Å². The van der Waals surface area contributed by atoms with Crippen LogP contribution < -0.4 is 5.32 Å². The molecule has 98 valence electrons. The highest BCUT2D eigenvalue weighted by Gasteiger charge is 2.10. The highest BCUT2D eigenvalue weighted by atomic mass is 16.3. The van der Waals surface area contributed by atoms with Crippen molar-refractivity contribution in [1.29, 1.82) is 0 Å². The van der Waals surface area contributed by atoms with Gasteiger partial charge in [0.15, 0.2) is 5.82 Å². The summed E-state index contributed by atoms with van der Waals surface area (Å²) < 4.78 is 7.19. The van der Waals surface area contributed by atoms with Crippen molar-refractivity contribution in [2.75, 3.05) is 5.32 Å². The van der Waals surface area contributed by atoms with Crippen LogP contribution in [0.15, 0.2) is 41.3 Å². The second-order valence-corrected chi connectivity index (χ2v) is 4.72. The highest BCUT2D eigenvalue weighted by Crippen LogP contribution is 2.16. The molecule has 0 aliphatic heterocycles. The van der Waals surface area contributed by atoms with Gasteiger partial charge in [-0.3, -0.25) is 0 Å². The molecule has 19 heavy (non-hydrogen) atoms. The van der Waals surface area contributed by atoms with E-state index in [9.17, 15) is 0 Å². The van der Waals surface area contributed by atoms with Gasteiger partial charge in [0.25, 0.3) is 0 Å². The van der Waals surface area contributed by atoms with Gasteiger partial charge in [-0.2, -0.15) is 5.10 Å². The van der Waals surface area contributed by atoms with Crippen molar-refractivity contribution in [2.24, 2.45) is 0 Å². The molecular formula is C14H16N4O. The van der Waals surface area contributed by atoms with E-state index >= 15 is 0 Å². The molecule has 0 aliphatic rings. The lowest BCUT2D eigenvalue weighted by molar-refractivity contribution is 0.497. The summed E-state index contributed by atoms with van der Waals surface area (Å²) in [6, 6.07) is 6.14. The Morgan fingerprint density at radius 2 is 2.37 bits per heavy atom. The van der Waals surface area contributed by atoms with Crippen LogP contribution in [0.25, 0.3) is 5.52 Å². The fraction of sp³-hybridized carbons (Fsp3) is 0.286. The van der Waals surface area contributed by atoms with Crippen molar-refractivity contribution in [3.05, 3.63) is 48.3 Å². The fourth-order valence-corrected chi connectivity index (χ4v) is 2.17. The molecule has 1 atom stereocenters. The average Bonchev–Trinajstić information content (AvgIpc) is 2.97. The second kappa shape index (κ2) is 4.76.